The van der Waals surface area contributed by atoms with Crippen molar-refractivity contribution in [3.8, 4) is 29.1 Å². The van der Waals surface area contributed by atoms with Crippen LogP contribution >= 0.6 is 0 Å². The Bertz CT molecular complexity index is 1540. The number of nitrogens with two attached hydrogens (primary N) is 1. The molecule has 13 nitrogen and oxygen atoms in total. The maximum Gasteiger partial charge on any atom is 0.321 e. The smallest absolute Gasteiger partial charge is 0.321 e. The van der Waals surface area contributed by atoms with E-state index in [0.717, 1.165) is 56.4 Å². The van der Waals surface area contributed by atoms with Gasteiger partial charge in [0.2, 0.25) is 17.6 Å². The lowest BCUT2D eigenvalue weighted by molar-refractivity contribution is -0.103. The van der Waals surface area contributed by atoms with Crippen molar-refractivity contribution in [2.24, 2.45) is 29.7 Å². The van der Waals surface area contributed by atoms with Crippen LogP contribution in [0, 0.1) is 34.0 Å². The number of rotatable bonds is 11. The fourth-order valence-electron chi connectivity index (χ4n) is 6.31. The summed E-state index contributed by atoms with van der Waals surface area (Å²) in [6, 6.07) is 4.30. The van der Waals surface area contributed by atoms with Gasteiger partial charge >= 0.3 is 6.01 Å². The second-order valence-electron chi connectivity index (χ2n) is 12.6. The van der Waals surface area contributed by atoms with E-state index in [4.69, 9.17) is 15.2 Å². The minimum atomic E-state index is -0.464. The lowest BCUT2D eigenvalue weighted by atomic mass is 9.43. The Hall–Kier alpha value is -4.34. The summed E-state index contributed by atoms with van der Waals surface area (Å²) in [5.74, 6) is 2.52. The number of hydrogen-bond acceptors (Lipinski definition) is 12. The Labute approximate surface area is 243 Å². The number of Topliss-reactive ketones (excluding diaryl/α,β-unsaturated/α-hetero) is 1. The van der Waals surface area contributed by atoms with Gasteiger partial charge in [-0.15, -0.1) is 5.10 Å². The van der Waals surface area contributed by atoms with Crippen LogP contribution in [0.5, 0.6) is 11.8 Å². The molecule has 0 atom stereocenters. The molecule has 5 fully saturated rings. The van der Waals surface area contributed by atoms with Crippen molar-refractivity contribution in [1.29, 1.82) is 5.26 Å². The van der Waals surface area contributed by atoms with Crippen LogP contribution in [-0.2, 0) is 7.05 Å². The molecule has 0 unspecified atom stereocenters. The largest absolute Gasteiger partial charge is 0.489 e. The first-order valence-electron chi connectivity index (χ1n) is 14.6. The molecule has 0 spiro atoms. The molecule has 2 N–H and O–H groups in total. The van der Waals surface area contributed by atoms with Crippen molar-refractivity contribution in [3.63, 3.8) is 0 Å². The Balaban J connectivity index is 1.00. The highest BCUT2D eigenvalue weighted by molar-refractivity contribution is 5.93. The zero-order chi connectivity index (χ0) is 28.9. The molecule has 218 valence electrons. The van der Waals surface area contributed by atoms with E-state index in [2.05, 4.69) is 41.2 Å². The predicted molar refractivity (Wildman–Crippen MR) is 150 cm³/mol. The molecule has 0 radical (unpaired) electrons. The van der Waals surface area contributed by atoms with Gasteiger partial charge in [-0.05, 0) is 68.3 Å². The number of pyridine rings is 1. The van der Waals surface area contributed by atoms with E-state index in [9.17, 15) is 10.1 Å². The second kappa shape index (κ2) is 10.2. The topological polar surface area (TPSA) is 171 Å². The van der Waals surface area contributed by atoms with Crippen molar-refractivity contribution >= 4 is 17.5 Å². The number of hydrogen-bond donors (Lipinski definition) is 1. The van der Waals surface area contributed by atoms with Crippen LogP contribution < -0.4 is 20.1 Å². The molecule has 0 aromatic carbocycles. The highest BCUT2D eigenvalue weighted by Crippen LogP contribution is 2.66. The van der Waals surface area contributed by atoms with Gasteiger partial charge in [0.05, 0.1) is 24.3 Å². The first-order chi connectivity index (χ1) is 20.3. The Kier molecular flexibility index (Phi) is 6.44. The predicted octanol–water partition coefficient (Wildman–Crippen LogP) is 3.00. The van der Waals surface area contributed by atoms with Gasteiger partial charge in [0.25, 0.3) is 0 Å². The van der Waals surface area contributed by atoms with E-state index in [1.165, 1.54) is 0 Å². The number of carbonyl (C=O) groups excluding carboxylic acids is 1. The summed E-state index contributed by atoms with van der Waals surface area (Å²) in [6.45, 7) is 2.12. The van der Waals surface area contributed by atoms with Crippen molar-refractivity contribution < 1.29 is 14.3 Å². The number of nitriles is 1. The average molecular weight is 571 g/mol. The Morgan fingerprint density at radius 2 is 1.95 bits per heavy atom. The van der Waals surface area contributed by atoms with Crippen LogP contribution in [0.1, 0.15) is 62.0 Å². The van der Waals surface area contributed by atoms with E-state index >= 15 is 0 Å². The zero-order valence-corrected chi connectivity index (χ0v) is 23.7. The number of carbonyl (C=O) groups is 1. The first kappa shape index (κ1) is 26.6. The Morgan fingerprint density at radius 3 is 2.60 bits per heavy atom. The zero-order valence-electron chi connectivity index (χ0n) is 23.7. The van der Waals surface area contributed by atoms with Gasteiger partial charge in [-0.1, -0.05) is 5.21 Å². The molecule has 1 aliphatic heterocycles. The summed E-state index contributed by atoms with van der Waals surface area (Å²) in [5.41, 5.74) is 7.27. The molecule has 13 heteroatoms. The van der Waals surface area contributed by atoms with Crippen LogP contribution in [0.15, 0.2) is 18.5 Å². The van der Waals surface area contributed by atoms with E-state index in [1.807, 2.05) is 19.3 Å². The molecule has 5 aliphatic rings. The quantitative estimate of drug-likeness (QED) is 0.335. The van der Waals surface area contributed by atoms with Crippen LogP contribution in [0.25, 0.3) is 11.3 Å². The minimum Gasteiger partial charge on any atom is -0.489 e. The summed E-state index contributed by atoms with van der Waals surface area (Å²) in [7, 11) is 1.81. The standard InChI is InChI=1S/C29H34N10O3/c1-38-14-21(36-37-38)20-8-23(24(31)32-13-20)41-15-18-2-6-39(7-3-18)26-33-25(22(40)12-29-9-19(10-29)11-29)34-27(35-26)42-17-28(16-30)4-5-28/h8,13-14,18-19H,2-7,9-12,15,17H2,1H3,(H2,31,32). The number of piperidine rings is 1. The van der Waals surface area contributed by atoms with Gasteiger partial charge in [0.1, 0.15) is 12.3 Å². The molecule has 0 amide bonds. The third kappa shape index (κ3) is 5.21. The molecule has 4 saturated carbocycles. The molecular formula is C29H34N10O3. The van der Waals surface area contributed by atoms with Crippen molar-refractivity contribution in [2.75, 3.05) is 36.9 Å². The van der Waals surface area contributed by atoms with Gasteiger partial charge in [-0.3, -0.25) is 9.48 Å². The van der Waals surface area contributed by atoms with E-state index < -0.39 is 5.41 Å². The third-order valence-electron chi connectivity index (χ3n) is 9.27. The highest BCUT2D eigenvalue weighted by atomic mass is 16.5. The van der Waals surface area contributed by atoms with Gasteiger partial charge in [-0.25, -0.2) is 4.98 Å². The van der Waals surface area contributed by atoms with Crippen molar-refractivity contribution in [1.82, 2.24) is 34.9 Å². The lowest BCUT2D eigenvalue weighted by Crippen LogP contribution is -2.52. The Morgan fingerprint density at radius 1 is 1.17 bits per heavy atom. The van der Waals surface area contributed by atoms with Gasteiger partial charge in [-0.2, -0.15) is 20.2 Å². The maximum absolute atomic E-state index is 13.2. The number of nitrogen functional groups attached to an aromatic ring is 1. The summed E-state index contributed by atoms with van der Waals surface area (Å²) in [6.07, 6.45) is 10.7. The van der Waals surface area contributed by atoms with Crippen LogP contribution in [0.3, 0.4) is 0 Å². The molecule has 1 saturated heterocycles. The first-order valence-corrected chi connectivity index (χ1v) is 14.6. The molecule has 3 aromatic heterocycles. The lowest BCUT2D eigenvalue weighted by Gasteiger charge is -2.61. The van der Waals surface area contributed by atoms with E-state index in [0.29, 0.717) is 55.2 Å². The summed E-state index contributed by atoms with van der Waals surface area (Å²) in [5, 5.41) is 17.6. The number of nitrogens with zero attached hydrogens (tertiary/aromatic N) is 9. The minimum absolute atomic E-state index is 0.0544. The normalized spacial score (nSPS) is 23.8. The fourth-order valence-corrected chi connectivity index (χ4v) is 6.31. The van der Waals surface area contributed by atoms with Crippen molar-refractivity contribution in [2.45, 2.75) is 51.4 Å². The van der Waals surface area contributed by atoms with Crippen LogP contribution in [0.4, 0.5) is 11.8 Å². The molecule has 4 heterocycles. The SMILES string of the molecule is Cn1cc(-c2cnc(N)c(OCC3CCN(c4nc(OCC5(C#N)CC5)nc(C(=O)CC56CC(C5)C6)n4)CC3)c2)nn1. The number of anilines is 2. The highest BCUT2D eigenvalue weighted by Gasteiger charge is 2.57. The number of ketones is 1. The average Bonchev–Trinajstić information content (AvgIpc) is 3.63. The maximum atomic E-state index is 13.2. The molecule has 42 heavy (non-hydrogen) atoms. The van der Waals surface area contributed by atoms with Gasteiger partial charge in [0.15, 0.2) is 11.6 Å². The van der Waals surface area contributed by atoms with Crippen LogP contribution in [-0.4, -0.2) is 67.0 Å². The fraction of sp³-hybridized carbons (Fsp3) is 0.586. The van der Waals surface area contributed by atoms with Gasteiger partial charge in [0, 0.05) is 38.3 Å². The molecule has 2 bridgehead atoms. The summed E-state index contributed by atoms with van der Waals surface area (Å²) >= 11 is 0. The molecule has 3 aromatic rings. The number of aromatic nitrogens is 7. The molecule has 4 aliphatic carbocycles. The summed E-state index contributed by atoms with van der Waals surface area (Å²) < 4.78 is 13.6. The van der Waals surface area contributed by atoms with Gasteiger partial charge < -0.3 is 20.1 Å². The third-order valence-corrected chi connectivity index (χ3v) is 9.27. The van der Waals surface area contributed by atoms with E-state index in [-0.39, 0.29) is 29.6 Å². The second-order valence-corrected chi connectivity index (χ2v) is 12.6. The molecule has 8 rings (SSSR count). The van der Waals surface area contributed by atoms with Crippen molar-refractivity contribution in [3.05, 3.63) is 24.3 Å². The molecular weight excluding hydrogens is 536 g/mol. The number of ether oxygens (including phenoxy) is 2. The van der Waals surface area contributed by atoms with E-state index in [1.54, 1.807) is 10.9 Å². The number of aryl methyl sites for hydroxylation is 1. The van der Waals surface area contributed by atoms with Crippen LogP contribution in [0.2, 0.25) is 0 Å². The summed E-state index contributed by atoms with van der Waals surface area (Å²) in [4.78, 5) is 33.1. The monoisotopic (exact) mass is 570 g/mol.